The molecule has 0 saturated carbocycles. The highest BCUT2D eigenvalue weighted by Gasteiger charge is 2.16. The number of hydrogen-bond donors (Lipinski definition) is 0. The summed E-state index contributed by atoms with van der Waals surface area (Å²) < 4.78 is 0. The molecule has 0 N–H and O–H groups in total. The van der Waals surface area contributed by atoms with Gasteiger partial charge in [0.05, 0.1) is 0 Å². The Bertz CT molecular complexity index is 369. The zero-order chi connectivity index (χ0) is 14.3. The van der Waals surface area contributed by atoms with Crippen molar-refractivity contribution >= 4 is 5.82 Å². The van der Waals surface area contributed by atoms with Gasteiger partial charge in [-0.2, -0.15) is 0 Å². The maximum Gasteiger partial charge on any atom is 0.135 e. The van der Waals surface area contributed by atoms with E-state index >= 15 is 0 Å². The Balaban J connectivity index is 2.85. The van der Waals surface area contributed by atoms with Crippen LogP contribution in [0.3, 0.4) is 0 Å². The summed E-state index contributed by atoms with van der Waals surface area (Å²) in [6.07, 6.45) is 8.19. The molecule has 0 spiro atoms. The van der Waals surface area contributed by atoms with Crippen LogP contribution < -0.4 is 4.90 Å². The van der Waals surface area contributed by atoms with Crippen molar-refractivity contribution in [1.82, 2.24) is 9.97 Å². The number of rotatable bonds is 7. The van der Waals surface area contributed by atoms with Gasteiger partial charge in [0, 0.05) is 24.8 Å². The third kappa shape index (κ3) is 5.58. The first-order chi connectivity index (χ1) is 8.98. The van der Waals surface area contributed by atoms with E-state index in [1.54, 1.807) is 6.33 Å². The van der Waals surface area contributed by atoms with Gasteiger partial charge in [-0.1, -0.05) is 41.0 Å². The summed E-state index contributed by atoms with van der Waals surface area (Å²) in [6, 6.07) is 0. The third-order valence-electron chi connectivity index (χ3n) is 3.21. The molecule has 0 saturated heterocycles. The minimum absolute atomic E-state index is 0.365. The summed E-state index contributed by atoms with van der Waals surface area (Å²) in [4.78, 5) is 11.1. The molecule has 0 amide bonds. The molecule has 1 aromatic rings. The van der Waals surface area contributed by atoms with Crippen molar-refractivity contribution in [3.05, 3.63) is 18.1 Å². The lowest BCUT2D eigenvalue weighted by atomic mass is 9.92. The Hall–Kier alpha value is -1.12. The number of hydrogen-bond acceptors (Lipinski definition) is 3. The zero-order valence-corrected chi connectivity index (χ0v) is 13.2. The van der Waals surface area contributed by atoms with Gasteiger partial charge in [0.1, 0.15) is 12.1 Å². The van der Waals surface area contributed by atoms with Gasteiger partial charge in [-0.05, 0) is 24.7 Å². The maximum atomic E-state index is 4.53. The highest BCUT2D eigenvalue weighted by Crippen LogP contribution is 2.23. The van der Waals surface area contributed by atoms with E-state index in [0.29, 0.717) is 5.41 Å². The molecule has 0 radical (unpaired) electrons. The first-order valence-electron chi connectivity index (χ1n) is 7.51. The van der Waals surface area contributed by atoms with Crippen LogP contribution in [0.5, 0.6) is 0 Å². The van der Waals surface area contributed by atoms with Crippen molar-refractivity contribution in [1.29, 1.82) is 0 Å². The maximum absolute atomic E-state index is 4.53. The van der Waals surface area contributed by atoms with Crippen molar-refractivity contribution in [3.8, 4) is 0 Å². The van der Waals surface area contributed by atoms with Crippen molar-refractivity contribution in [2.24, 2.45) is 5.41 Å². The quantitative estimate of drug-likeness (QED) is 0.742. The highest BCUT2D eigenvalue weighted by atomic mass is 15.2. The number of nitrogens with zero attached hydrogens (tertiary/aromatic N) is 3. The van der Waals surface area contributed by atoms with Crippen LogP contribution in [0.15, 0.2) is 12.5 Å². The Morgan fingerprint density at radius 2 is 1.84 bits per heavy atom. The van der Waals surface area contributed by atoms with Gasteiger partial charge >= 0.3 is 0 Å². The predicted octanol–water partition coefficient (Wildman–Crippen LogP) is 4.08. The fourth-order valence-electron chi connectivity index (χ4n) is 2.15. The molecule has 3 heteroatoms. The Labute approximate surface area is 118 Å². The average Bonchev–Trinajstić information content (AvgIpc) is 2.35. The van der Waals surface area contributed by atoms with Crippen molar-refractivity contribution in [3.63, 3.8) is 0 Å². The molecular weight excluding hydrogens is 234 g/mol. The summed E-state index contributed by atoms with van der Waals surface area (Å²) >= 11 is 0. The van der Waals surface area contributed by atoms with E-state index in [9.17, 15) is 0 Å². The van der Waals surface area contributed by atoms with Gasteiger partial charge in [0.2, 0.25) is 0 Å². The van der Waals surface area contributed by atoms with E-state index in [4.69, 9.17) is 0 Å². The largest absolute Gasteiger partial charge is 0.356 e. The van der Waals surface area contributed by atoms with Crippen LogP contribution in [-0.4, -0.2) is 23.1 Å². The fraction of sp³-hybridized carbons (Fsp3) is 0.750. The number of anilines is 1. The van der Waals surface area contributed by atoms with Crippen LogP contribution in [0.2, 0.25) is 0 Å². The van der Waals surface area contributed by atoms with Gasteiger partial charge in [0.15, 0.2) is 0 Å². The van der Waals surface area contributed by atoms with Gasteiger partial charge in [-0.25, -0.2) is 9.97 Å². The lowest BCUT2D eigenvalue weighted by Crippen LogP contribution is -2.30. The van der Waals surface area contributed by atoms with Gasteiger partial charge < -0.3 is 4.90 Å². The van der Waals surface area contributed by atoms with Gasteiger partial charge in [-0.3, -0.25) is 0 Å². The van der Waals surface area contributed by atoms with Crippen molar-refractivity contribution < 1.29 is 0 Å². The molecule has 1 aromatic heterocycles. The molecule has 0 aliphatic carbocycles. The minimum atomic E-state index is 0.365. The molecule has 108 valence electrons. The molecule has 0 unspecified atom stereocenters. The normalized spacial score (nSPS) is 11.6. The van der Waals surface area contributed by atoms with Crippen LogP contribution in [0, 0.1) is 5.41 Å². The van der Waals surface area contributed by atoms with E-state index in [1.807, 2.05) is 6.20 Å². The predicted molar refractivity (Wildman–Crippen MR) is 82.6 cm³/mol. The van der Waals surface area contributed by atoms with Crippen LogP contribution in [0.25, 0.3) is 0 Å². The Morgan fingerprint density at radius 1 is 1.11 bits per heavy atom. The Morgan fingerprint density at radius 3 is 2.42 bits per heavy atom. The molecule has 0 aliphatic rings. The summed E-state index contributed by atoms with van der Waals surface area (Å²) in [5, 5.41) is 0. The molecule has 0 aromatic carbocycles. The lowest BCUT2D eigenvalue weighted by molar-refractivity contribution is 0.378. The molecular formula is C16H29N3. The van der Waals surface area contributed by atoms with Crippen molar-refractivity contribution in [2.75, 3.05) is 18.0 Å². The minimum Gasteiger partial charge on any atom is -0.356 e. The second-order valence-electron chi connectivity index (χ2n) is 6.42. The molecule has 19 heavy (non-hydrogen) atoms. The summed E-state index contributed by atoms with van der Waals surface area (Å²) in [5.41, 5.74) is 1.65. The third-order valence-corrected chi connectivity index (χ3v) is 3.21. The van der Waals surface area contributed by atoms with Crippen LogP contribution in [0.1, 0.15) is 59.4 Å². The molecule has 0 bridgehead atoms. The van der Waals surface area contributed by atoms with Crippen LogP contribution in [-0.2, 0) is 6.42 Å². The van der Waals surface area contributed by atoms with E-state index in [2.05, 4.69) is 49.5 Å². The van der Waals surface area contributed by atoms with E-state index in [1.165, 1.54) is 12.0 Å². The van der Waals surface area contributed by atoms with E-state index in [-0.39, 0.29) is 0 Å². The van der Waals surface area contributed by atoms with Gasteiger partial charge in [-0.15, -0.1) is 0 Å². The average molecular weight is 263 g/mol. The number of aromatic nitrogens is 2. The fourth-order valence-corrected chi connectivity index (χ4v) is 2.15. The standard InChI is InChI=1S/C16H29N3/c1-6-8-14-12-17-13-18-15(14)19(10-7-2)11-9-16(3,4)5/h12-13H,6-11H2,1-5H3. The Kier molecular flexibility index (Phi) is 6.26. The molecule has 0 atom stereocenters. The summed E-state index contributed by atoms with van der Waals surface area (Å²) in [7, 11) is 0. The molecule has 0 fully saturated rings. The second-order valence-corrected chi connectivity index (χ2v) is 6.42. The van der Waals surface area contributed by atoms with Crippen LogP contribution in [0.4, 0.5) is 5.82 Å². The topological polar surface area (TPSA) is 29.0 Å². The van der Waals surface area contributed by atoms with Crippen molar-refractivity contribution in [2.45, 2.75) is 60.3 Å². The first kappa shape index (κ1) is 15.9. The number of aryl methyl sites for hydroxylation is 1. The summed E-state index contributed by atoms with van der Waals surface area (Å²) in [6.45, 7) is 13.5. The lowest BCUT2D eigenvalue weighted by Gasteiger charge is -2.28. The smallest absolute Gasteiger partial charge is 0.135 e. The molecule has 3 nitrogen and oxygen atoms in total. The van der Waals surface area contributed by atoms with E-state index in [0.717, 1.165) is 38.2 Å². The molecule has 1 rings (SSSR count). The zero-order valence-electron chi connectivity index (χ0n) is 13.2. The van der Waals surface area contributed by atoms with Crippen LogP contribution >= 0.6 is 0 Å². The monoisotopic (exact) mass is 263 g/mol. The van der Waals surface area contributed by atoms with Gasteiger partial charge in [0.25, 0.3) is 0 Å². The summed E-state index contributed by atoms with van der Waals surface area (Å²) in [5.74, 6) is 1.14. The second kappa shape index (κ2) is 7.46. The van der Waals surface area contributed by atoms with E-state index < -0.39 is 0 Å². The SMILES string of the molecule is CCCc1cncnc1N(CCC)CCC(C)(C)C. The molecule has 1 heterocycles. The molecule has 0 aliphatic heterocycles. The highest BCUT2D eigenvalue weighted by molar-refractivity contribution is 5.45. The first-order valence-corrected chi connectivity index (χ1v) is 7.51.